The lowest BCUT2D eigenvalue weighted by molar-refractivity contribution is -0.145. The highest BCUT2D eigenvalue weighted by Crippen LogP contribution is 2.21. The number of aromatic amines is 1. The fourth-order valence-electron chi connectivity index (χ4n) is 1.87. The van der Waals surface area contributed by atoms with Crippen LogP contribution >= 0.6 is 0 Å². The molecule has 1 heterocycles. The first-order valence-corrected chi connectivity index (χ1v) is 6.38. The molecule has 0 aliphatic heterocycles. The highest BCUT2D eigenvalue weighted by molar-refractivity contribution is 5.78. The van der Waals surface area contributed by atoms with E-state index in [1.807, 2.05) is 20.8 Å². The second kappa shape index (κ2) is 6.54. The Morgan fingerprint density at radius 2 is 2.11 bits per heavy atom. The third-order valence-corrected chi connectivity index (χ3v) is 2.73. The van der Waals surface area contributed by atoms with Gasteiger partial charge >= 0.3 is 5.97 Å². The SMILES string of the molecule is CCOC(=O)C(NCC(C)C)c1c(C)n[nH]c1C. The van der Waals surface area contributed by atoms with E-state index in [4.69, 9.17) is 4.74 Å². The van der Waals surface area contributed by atoms with Gasteiger partial charge < -0.3 is 10.1 Å². The molecule has 18 heavy (non-hydrogen) atoms. The average molecular weight is 253 g/mol. The maximum absolute atomic E-state index is 12.0. The third-order valence-electron chi connectivity index (χ3n) is 2.73. The van der Waals surface area contributed by atoms with Crippen LogP contribution < -0.4 is 5.32 Å². The van der Waals surface area contributed by atoms with Crippen LogP contribution in [0.25, 0.3) is 0 Å². The summed E-state index contributed by atoms with van der Waals surface area (Å²) in [6, 6.07) is -0.439. The maximum atomic E-state index is 12.0. The highest BCUT2D eigenvalue weighted by atomic mass is 16.5. The van der Waals surface area contributed by atoms with Crippen molar-refractivity contribution < 1.29 is 9.53 Å². The maximum Gasteiger partial charge on any atom is 0.327 e. The lowest BCUT2D eigenvalue weighted by Crippen LogP contribution is -2.33. The zero-order valence-electron chi connectivity index (χ0n) is 11.8. The van der Waals surface area contributed by atoms with E-state index < -0.39 is 6.04 Å². The number of H-pyrrole nitrogens is 1. The first kappa shape index (κ1) is 14.7. The van der Waals surface area contributed by atoms with E-state index in [2.05, 4.69) is 29.4 Å². The highest BCUT2D eigenvalue weighted by Gasteiger charge is 2.26. The lowest BCUT2D eigenvalue weighted by Gasteiger charge is -2.19. The van der Waals surface area contributed by atoms with Crippen molar-refractivity contribution in [2.24, 2.45) is 5.92 Å². The number of nitrogens with one attached hydrogen (secondary N) is 2. The number of esters is 1. The molecule has 1 aromatic rings. The Labute approximate surface area is 108 Å². The van der Waals surface area contributed by atoms with Crippen molar-refractivity contribution in [3.8, 4) is 0 Å². The molecule has 0 aromatic carbocycles. The number of ether oxygens (including phenoxy) is 1. The minimum Gasteiger partial charge on any atom is -0.465 e. The first-order valence-electron chi connectivity index (χ1n) is 6.38. The summed E-state index contributed by atoms with van der Waals surface area (Å²) in [5, 5.41) is 10.3. The minimum absolute atomic E-state index is 0.245. The van der Waals surface area contributed by atoms with E-state index in [0.717, 1.165) is 23.5 Å². The van der Waals surface area contributed by atoms with Gasteiger partial charge in [-0.1, -0.05) is 13.8 Å². The monoisotopic (exact) mass is 253 g/mol. The van der Waals surface area contributed by atoms with Crippen LogP contribution in [0.3, 0.4) is 0 Å². The Morgan fingerprint density at radius 1 is 1.44 bits per heavy atom. The number of rotatable bonds is 6. The fraction of sp³-hybridized carbons (Fsp3) is 0.692. The predicted molar refractivity (Wildman–Crippen MR) is 70.3 cm³/mol. The van der Waals surface area contributed by atoms with Crippen LogP contribution in [-0.4, -0.2) is 29.3 Å². The molecular weight excluding hydrogens is 230 g/mol. The number of carbonyl (C=O) groups excluding carboxylic acids is 1. The van der Waals surface area contributed by atoms with Crippen LogP contribution in [0.1, 0.15) is 43.8 Å². The molecule has 102 valence electrons. The summed E-state index contributed by atoms with van der Waals surface area (Å²) in [6.07, 6.45) is 0. The molecule has 1 aromatic heterocycles. The Morgan fingerprint density at radius 3 is 2.56 bits per heavy atom. The molecule has 0 bridgehead atoms. The van der Waals surface area contributed by atoms with E-state index in [0.29, 0.717) is 12.5 Å². The molecule has 5 heteroatoms. The Bertz CT molecular complexity index is 379. The molecule has 0 spiro atoms. The van der Waals surface area contributed by atoms with E-state index in [-0.39, 0.29) is 5.97 Å². The number of hydrogen-bond donors (Lipinski definition) is 2. The molecule has 0 saturated heterocycles. The van der Waals surface area contributed by atoms with Crippen LogP contribution in [0.5, 0.6) is 0 Å². The number of aryl methyl sites for hydroxylation is 2. The van der Waals surface area contributed by atoms with Gasteiger partial charge in [0.15, 0.2) is 0 Å². The number of carbonyl (C=O) groups is 1. The standard InChI is InChI=1S/C13H23N3O2/c1-6-18-13(17)12(14-7-8(2)3)11-9(4)15-16-10(11)5/h8,12,14H,6-7H2,1-5H3,(H,15,16). The molecule has 1 unspecified atom stereocenters. The Balaban J connectivity index is 2.93. The number of aromatic nitrogens is 2. The van der Waals surface area contributed by atoms with E-state index in [9.17, 15) is 4.79 Å². The topological polar surface area (TPSA) is 67.0 Å². The smallest absolute Gasteiger partial charge is 0.327 e. The Kier molecular flexibility index (Phi) is 5.34. The summed E-state index contributed by atoms with van der Waals surface area (Å²) in [7, 11) is 0. The summed E-state index contributed by atoms with van der Waals surface area (Å²) < 4.78 is 5.13. The number of hydrogen-bond acceptors (Lipinski definition) is 4. The molecule has 5 nitrogen and oxygen atoms in total. The second-order valence-electron chi connectivity index (χ2n) is 4.83. The zero-order valence-corrected chi connectivity index (χ0v) is 11.8. The van der Waals surface area contributed by atoms with Crippen molar-refractivity contribution in [2.45, 2.75) is 40.7 Å². The minimum atomic E-state index is -0.439. The van der Waals surface area contributed by atoms with Gasteiger partial charge in [-0.2, -0.15) is 5.10 Å². The van der Waals surface area contributed by atoms with Gasteiger partial charge in [-0.3, -0.25) is 5.10 Å². The molecule has 0 aliphatic carbocycles. The molecule has 1 rings (SSSR count). The summed E-state index contributed by atoms with van der Waals surface area (Å²) in [5.41, 5.74) is 2.64. The molecule has 0 fully saturated rings. The van der Waals surface area contributed by atoms with Gasteiger partial charge in [-0.15, -0.1) is 0 Å². The largest absolute Gasteiger partial charge is 0.465 e. The van der Waals surface area contributed by atoms with Gasteiger partial charge in [0.2, 0.25) is 0 Å². The van der Waals surface area contributed by atoms with Crippen molar-refractivity contribution in [1.29, 1.82) is 0 Å². The van der Waals surface area contributed by atoms with Crippen LogP contribution in [0, 0.1) is 19.8 Å². The van der Waals surface area contributed by atoms with Crippen molar-refractivity contribution >= 4 is 5.97 Å². The third kappa shape index (κ3) is 3.57. The summed E-state index contributed by atoms with van der Waals surface area (Å²) in [5.74, 6) is 0.222. The molecule has 1 atom stereocenters. The summed E-state index contributed by atoms with van der Waals surface area (Å²) in [6.45, 7) is 11.0. The van der Waals surface area contributed by atoms with Gasteiger partial charge in [0.1, 0.15) is 6.04 Å². The zero-order chi connectivity index (χ0) is 13.7. The average Bonchev–Trinajstić information content (AvgIpc) is 2.61. The summed E-state index contributed by atoms with van der Waals surface area (Å²) in [4.78, 5) is 12.0. The van der Waals surface area contributed by atoms with Crippen molar-refractivity contribution in [3.63, 3.8) is 0 Å². The molecule has 0 saturated carbocycles. The van der Waals surface area contributed by atoms with E-state index in [1.54, 1.807) is 0 Å². The van der Waals surface area contributed by atoms with Crippen LogP contribution in [0.2, 0.25) is 0 Å². The van der Waals surface area contributed by atoms with E-state index >= 15 is 0 Å². The normalized spacial score (nSPS) is 12.8. The molecule has 0 aliphatic rings. The van der Waals surface area contributed by atoms with Gasteiger partial charge in [0.25, 0.3) is 0 Å². The fourth-order valence-corrected chi connectivity index (χ4v) is 1.87. The Hall–Kier alpha value is -1.36. The second-order valence-corrected chi connectivity index (χ2v) is 4.83. The first-order chi connectivity index (χ1) is 8.47. The van der Waals surface area contributed by atoms with Gasteiger partial charge in [-0.25, -0.2) is 4.79 Å². The van der Waals surface area contributed by atoms with E-state index in [1.165, 1.54) is 0 Å². The lowest BCUT2D eigenvalue weighted by atomic mass is 10.0. The van der Waals surface area contributed by atoms with Crippen molar-refractivity contribution in [2.75, 3.05) is 13.2 Å². The van der Waals surface area contributed by atoms with Gasteiger partial charge in [-0.05, 0) is 33.2 Å². The molecule has 2 N–H and O–H groups in total. The number of nitrogens with zero attached hydrogens (tertiary/aromatic N) is 1. The quantitative estimate of drug-likeness (QED) is 0.760. The molecule has 0 radical (unpaired) electrons. The van der Waals surface area contributed by atoms with Crippen LogP contribution in [0.15, 0.2) is 0 Å². The van der Waals surface area contributed by atoms with Crippen LogP contribution in [-0.2, 0) is 9.53 Å². The van der Waals surface area contributed by atoms with Gasteiger partial charge in [0, 0.05) is 11.3 Å². The molecule has 0 amide bonds. The summed E-state index contributed by atoms with van der Waals surface area (Å²) >= 11 is 0. The van der Waals surface area contributed by atoms with Crippen molar-refractivity contribution in [1.82, 2.24) is 15.5 Å². The van der Waals surface area contributed by atoms with Gasteiger partial charge in [0.05, 0.1) is 12.3 Å². The van der Waals surface area contributed by atoms with Crippen molar-refractivity contribution in [3.05, 3.63) is 17.0 Å². The molecular formula is C13H23N3O2. The predicted octanol–water partition coefficient (Wildman–Crippen LogP) is 1.88. The van der Waals surface area contributed by atoms with Crippen LogP contribution in [0.4, 0.5) is 0 Å².